The van der Waals surface area contributed by atoms with Crippen LogP contribution in [0.25, 0.3) is 16.9 Å². The first-order valence-electron chi connectivity index (χ1n) is 11.6. The van der Waals surface area contributed by atoms with E-state index in [0.717, 1.165) is 36.6 Å². The summed E-state index contributed by atoms with van der Waals surface area (Å²) >= 11 is 0. The number of halogens is 1. The summed E-state index contributed by atoms with van der Waals surface area (Å²) in [6.45, 7) is 3.60. The number of nitrogens with one attached hydrogen (secondary N) is 1. The third-order valence-corrected chi connectivity index (χ3v) is 6.18. The van der Waals surface area contributed by atoms with Gasteiger partial charge in [0.25, 0.3) is 0 Å². The van der Waals surface area contributed by atoms with Crippen LogP contribution in [0.1, 0.15) is 24.6 Å². The minimum Gasteiger partial charge on any atom is -0.349 e. The molecule has 12 heteroatoms. The molecule has 0 radical (unpaired) electrons. The number of nitrogens with zero attached hydrogens (tertiary/aromatic N) is 10. The number of aryl methyl sites for hydroxylation is 1. The number of anilines is 3. The van der Waals surface area contributed by atoms with E-state index in [2.05, 4.69) is 58.7 Å². The summed E-state index contributed by atoms with van der Waals surface area (Å²) in [5.41, 5.74) is 5.32. The number of aromatic nitrogens is 9. The van der Waals surface area contributed by atoms with Crippen LogP contribution in [0.15, 0.2) is 61.7 Å². The normalized spacial score (nSPS) is 13.7. The zero-order chi connectivity index (χ0) is 24.5. The molecule has 0 fully saturated rings. The molecular formula is C24H22FN11. The van der Waals surface area contributed by atoms with E-state index in [-0.39, 0.29) is 0 Å². The van der Waals surface area contributed by atoms with Crippen molar-refractivity contribution >= 4 is 28.5 Å². The Balaban J connectivity index is 1.23. The third kappa shape index (κ3) is 4.02. The first-order valence-corrected chi connectivity index (χ1v) is 11.6. The van der Waals surface area contributed by atoms with E-state index in [4.69, 9.17) is 0 Å². The second-order valence-electron chi connectivity index (χ2n) is 8.36. The number of hydrogen-bond acceptors (Lipinski definition) is 9. The topological polar surface area (TPSA) is 115 Å². The van der Waals surface area contributed by atoms with Crippen LogP contribution >= 0.6 is 0 Å². The summed E-state index contributed by atoms with van der Waals surface area (Å²) in [5.74, 6) is 0.294. The third-order valence-electron chi connectivity index (χ3n) is 6.18. The number of imidazole rings is 1. The van der Waals surface area contributed by atoms with Crippen LogP contribution in [0.5, 0.6) is 0 Å². The van der Waals surface area contributed by atoms with Crippen molar-refractivity contribution in [3.8, 4) is 5.69 Å². The predicted octanol–water partition coefficient (Wildman–Crippen LogP) is 3.23. The van der Waals surface area contributed by atoms with E-state index in [9.17, 15) is 4.39 Å². The second-order valence-corrected chi connectivity index (χ2v) is 8.36. The van der Waals surface area contributed by atoms with E-state index in [1.165, 1.54) is 22.6 Å². The van der Waals surface area contributed by atoms with E-state index in [1.807, 2.05) is 23.0 Å². The Kier molecular flexibility index (Phi) is 5.52. The minimum atomic E-state index is -0.443. The molecule has 5 aromatic rings. The molecule has 1 aliphatic heterocycles. The first-order chi connectivity index (χ1) is 17.7. The average Bonchev–Trinajstić information content (AvgIpc) is 3.61. The predicted molar refractivity (Wildman–Crippen MR) is 132 cm³/mol. The van der Waals surface area contributed by atoms with Gasteiger partial charge in [-0.25, -0.2) is 29.0 Å². The van der Waals surface area contributed by atoms with Gasteiger partial charge in [-0.2, -0.15) is 0 Å². The summed E-state index contributed by atoms with van der Waals surface area (Å²) in [6.07, 6.45) is 14.3. The van der Waals surface area contributed by atoms with Crippen molar-refractivity contribution in [1.29, 1.82) is 0 Å². The van der Waals surface area contributed by atoms with E-state index in [1.54, 1.807) is 24.7 Å². The van der Waals surface area contributed by atoms with Crippen molar-refractivity contribution in [1.82, 2.24) is 44.5 Å². The van der Waals surface area contributed by atoms with E-state index in [0.29, 0.717) is 29.3 Å². The van der Waals surface area contributed by atoms with Crippen molar-refractivity contribution in [3.05, 3.63) is 78.8 Å². The molecule has 0 atom stereocenters. The maximum Gasteiger partial charge on any atom is 0.225 e. The number of fused-ring (bicyclic) bond motifs is 1. The zero-order valence-corrected chi connectivity index (χ0v) is 19.5. The molecule has 0 spiro atoms. The van der Waals surface area contributed by atoms with Crippen LogP contribution in [-0.4, -0.2) is 57.6 Å². The van der Waals surface area contributed by atoms with Crippen LogP contribution in [0.4, 0.5) is 21.7 Å². The minimum absolute atomic E-state index is 0.299. The molecule has 180 valence electrons. The quantitative estimate of drug-likeness (QED) is 0.389. The average molecular weight is 484 g/mol. The lowest BCUT2D eigenvalue weighted by molar-refractivity contribution is 0.629. The lowest BCUT2D eigenvalue weighted by Crippen LogP contribution is -2.30. The molecule has 0 saturated heterocycles. The number of benzene rings is 1. The highest BCUT2D eigenvalue weighted by molar-refractivity contribution is 5.77. The van der Waals surface area contributed by atoms with Crippen LogP contribution in [0.3, 0.4) is 0 Å². The Morgan fingerprint density at radius 3 is 2.64 bits per heavy atom. The highest BCUT2D eigenvalue weighted by Crippen LogP contribution is 2.29. The molecular weight excluding hydrogens is 461 g/mol. The number of tetrazole rings is 1. The fourth-order valence-electron chi connectivity index (χ4n) is 4.18. The van der Waals surface area contributed by atoms with Crippen molar-refractivity contribution in [3.63, 3.8) is 0 Å². The first kappa shape index (κ1) is 21.8. The molecule has 1 N–H and O–H groups in total. The van der Waals surface area contributed by atoms with Crippen molar-refractivity contribution in [2.24, 2.45) is 0 Å². The summed E-state index contributed by atoms with van der Waals surface area (Å²) in [7, 11) is 0. The lowest BCUT2D eigenvalue weighted by Gasteiger charge is -2.26. The van der Waals surface area contributed by atoms with Gasteiger partial charge in [0.2, 0.25) is 5.95 Å². The number of hydrogen-bond donors (Lipinski definition) is 1. The van der Waals surface area contributed by atoms with Crippen molar-refractivity contribution < 1.29 is 4.39 Å². The van der Waals surface area contributed by atoms with Gasteiger partial charge in [-0.1, -0.05) is 13.0 Å². The highest BCUT2D eigenvalue weighted by atomic mass is 19.1. The molecule has 0 amide bonds. The molecule has 5 heterocycles. The molecule has 1 aromatic carbocycles. The molecule has 0 saturated carbocycles. The van der Waals surface area contributed by atoms with Crippen LogP contribution in [0.2, 0.25) is 0 Å². The van der Waals surface area contributed by atoms with Gasteiger partial charge in [0, 0.05) is 31.5 Å². The van der Waals surface area contributed by atoms with E-state index < -0.39 is 5.82 Å². The summed E-state index contributed by atoms with van der Waals surface area (Å²) < 4.78 is 18.1. The Bertz CT molecular complexity index is 1540. The monoisotopic (exact) mass is 483 g/mol. The molecule has 1 aliphatic rings. The highest BCUT2D eigenvalue weighted by Gasteiger charge is 2.19. The molecule has 0 unspecified atom stereocenters. The van der Waals surface area contributed by atoms with Crippen LogP contribution < -0.4 is 10.2 Å². The van der Waals surface area contributed by atoms with Gasteiger partial charge in [-0.15, -0.1) is 5.10 Å². The summed E-state index contributed by atoms with van der Waals surface area (Å²) in [4.78, 5) is 20.1. The summed E-state index contributed by atoms with van der Waals surface area (Å²) in [5, 5.41) is 14.1. The second kappa shape index (κ2) is 9.13. The van der Waals surface area contributed by atoms with Gasteiger partial charge in [-0.05, 0) is 46.5 Å². The summed E-state index contributed by atoms with van der Waals surface area (Å²) in [6, 6.07) is 4.72. The van der Waals surface area contributed by atoms with Crippen molar-refractivity contribution in [2.45, 2.75) is 19.8 Å². The van der Waals surface area contributed by atoms with Crippen LogP contribution in [0, 0.1) is 5.82 Å². The maximum atomic E-state index is 14.8. The smallest absolute Gasteiger partial charge is 0.225 e. The standard InChI is InChI=1S/C24H22FN11/c1-2-16-10-28-24(29-11-16)34-7-5-17(6-8-34)22-13-27-23-21(12-26-14-35(22)23)31-20-4-3-18(9-19(20)25)36-15-30-32-33-36/h3-5,9-15,31H,2,6-8H2,1H3. The largest absolute Gasteiger partial charge is 0.349 e. The Hall–Kier alpha value is -4.74. The molecule has 11 nitrogen and oxygen atoms in total. The van der Waals surface area contributed by atoms with Crippen molar-refractivity contribution in [2.75, 3.05) is 23.3 Å². The fourth-order valence-corrected chi connectivity index (χ4v) is 4.18. The zero-order valence-electron chi connectivity index (χ0n) is 19.5. The van der Waals surface area contributed by atoms with Gasteiger partial charge in [0.05, 0.1) is 29.5 Å². The molecule has 0 bridgehead atoms. The molecule has 36 heavy (non-hydrogen) atoms. The van der Waals surface area contributed by atoms with Gasteiger partial charge in [0.15, 0.2) is 5.65 Å². The van der Waals surface area contributed by atoms with E-state index >= 15 is 0 Å². The Morgan fingerprint density at radius 2 is 1.92 bits per heavy atom. The Labute approximate surface area is 205 Å². The van der Waals surface area contributed by atoms with Crippen LogP contribution in [-0.2, 0) is 6.42 Å². The lowest BCUT2D eigenvalue weighted by atomic mass is 10.1. The molecule has 4 aromatic heterocycles. The maximum absolute atomic E-state index is 14.8. The van der Waals surface area contributed by atoms with Gasteiger partial charge in [0.1, 0.15) is 24.2 Å². The Morgan fingerprint density at radius 1 is 1.03 bits per heavy atom. The van der Waals surface area contributed by atoms with Gasteiger partial charge < -0.3 is 10.2 Å². The molecule has 6 rings (SSSR count). The molecule has 0 aliphatic carbocycles. The van der Waals surface area contributed by atoms with Gasteiger partial charge >= 0.3 is 0 Å². The number of rotatable bonds is 6. The SMILES string of the molecule is CCc1cnc(N2CC=C(c3cnc4c(Nc5ccc(-n6cnnn6)cc5F)cncn34)CC2)nc1. The van der Waals surface area contributed by atoms with Gasteiger partial charge in [-0.3, -0.25) is 4.40 Å². The fraction of sp³-hybridized carbons (Fsp3) is 0.208.